The number of aliphatic hydroxyl groups excluding tert-OH is 1. The van der Waals surface area contributed by atoms with Crippen LogP contribution in [0.5, 0.6) is 5.75 Å². The van der Waals surface area contributed by atoms with Crippen LogP contribution in [0, 0.1) is 0 Å². The third kappa shape index (κ3) is 2.18. The molecule has 3 rings (SSSR count). The molecular weight excluding hydrogens is 240 g/mol. The van der Waals surface area contributed by atoms with Gasteiger partial charge >= 0.3 is 0 Å². The Bertz CT molecular complexity index is 702. The van der Waals surface area contributed by atoms with Crippen LogP contribution in [-0.4, -0.2) is 21.6 Å². The summed E-state index contributed by atoms with van der Waals surface area (Å²) in [5.41, 5.74) is 3.63. The highest BCUT2D eigenvalue weighted by atomic mass is 16.5. The molecule has 0 spiro atoms. The first-order valence-corrected chi connectivity index (χ1v) is 6.03. The highest BCUT2D eigenvalue weighted by Gasteiger charge is 2.05. The van der Waals surface area contributed by atoms with Gasteiger partial charge in [-0.3, -0.25) is 0 Å². The lowest BCUT2D eigenvalue weighted by Gasteiger charge is -1.99. The Morgan fingerprint density at radius 3 is 2.68 bits per heavy atom. The Morgan fingerprint density at radius 2 is 2.00 bits per heavy atom. The van der Waals surface area contributed by atoms with Gasteiger partial charge in [0.25, 0.3) is 0 Å². The van der Waals surface area contributed by atoms with Crippen LogP contribution in [0.15, 0.2) is 48.8 Å². The molecule has 96 valence electrons. The summed E-state index contributed by atoms with van der Waals surface area (Å²) in [6, 6.07) is 11.6. The van der Waals surface area contributed by atoms with Gasteiger partial charge in [-0.25, -0.2) is 4.98 Å². The molecule has 1 aromatic carbocycles. The van der Waals surface area contributed by atoms with Gasteiger partial charge in [0.2, 0.25) is 0 Å². The summed E-state index contributed by atoms with van der Waals surface area (Å²) < 4.78 is 7.08. The summed E-state index contributed by atoms with van der Waals surface area (Å²) >= 11 is 0. The van der Waals surface area contributed by atoms with Crippen molar-refractivity contribution in [2.75, 3.05) is 7.11 Å². The lowest BCUT2D eigenvalue weighted by molar-refractivity contribution is 0.282. The van der Waals surface area contributed by atoms with Crippen LogP contribution in [-0.2, 0) is 6.61 Å². The van der Waals surface area contributed by atoms with Crippen molar-refractivity contribution in [3.63, 3.8) is 0 Å². The largest absolute Gasteiger partial charge is 0.497 e. The normalized spacial score (nSPS) is 10.8. The molecule has 0 saturated carbocycles. The van der Waals surface area contributed by atoms with Gasteiger partial charge in [0, 0.05) is 18.0 Å². The monoisotopic (exact) mass is 254 g/mol. The third-order valence-electron chi connectivity index (χ3n) is 3.09. The Morgan fingerprint density at radius 1 is 1.21 bits per heavy atom. The van der Waals surface area contributed by atoms with Gasteiger partial charge in [-0.1, -0.05) is 0 Å². The van der Waals surface area contributed by atoms with Gasteiger partial charge in [-0.15, -0.1) is 0 Å². The number of hydrogen-bond donors (Lipinski definition) is 1. The van der Waals surface area contributed by atoms with Crippen LogP contribution in [0.4, 0.5) is 0 Å². The van der Waals surface area contributed by atoms with Gasteiger partial charge < -0.3 is 14.2 Å². The van der Waals surface area contributed by atoms with Gasteiger partial charge in [0.05, 0.1) is 19.4 Å². The lowest BCUT2D eigenvalue weighted by Crippen LogP contribution is -1.87. The van der Waals surface area contributed by atoms with E-state index in [1.165, 1.54) is 0 Å². The SMILES string of the molecule is COc1ccc(-c2cn3ccc(CO)cc3n2)cc1. The summed E-state index contributed by atoms with van der Waals surface area (Å²) in [6.45, 7) is 0.0290. The minimum Gasteiger partial charge on any atom is -0.497 e. The van der Waals surface area contributed by atoms with E-state index in [1.54, 1.807) is 7.11 Å². The molecule has 4 nitrogen and oxygen atoms in total. The van der Waals surface area contributed by atoms with E-state index in [0.717, 1.165) is 28.2 Å². The number of hydrogen-bond acceptors (Lipinski definition) is 3. The van der Waals surface area contributed by atoms with Crippen LogP contribution in [0.1, 0.15) is 5.56 Å². The van der Waals surface area contributed by atoms with Crippen molar-refractivity contribution >= 4 is 5.65 Å². The fourth-order valence-corrected chi connectivity index (χ4v) is 2.02. The molecule has 1 N–H and O–H groups in total. The molecule has 0 amide bonds. The number of ether oxygens (including phenoxy) is 1. The predicted molar refractivity (Wildman–Crippen MR) is 73.1 cm³/mol. The molecular formula is C15H14N2O2. The second-order valence-electron chi connectivity index (χ2n) is 4.31. The highest BCUT2D eigenvalue weighted by Crippen LogP contribution is 2.22. The first-order chi connectivity index (χ1) is 9.30. The van der Waals surface area contributed by atoms with Gasteiger partial charge in [0.1, 0.15) is 11.4 Å². The van der Waals surface area contributed by atoms with Gasteiger partial charge in [-0.2, -0.15) is 0 Å². The zero-order valence-corrected chi connectivity index (χ0v) is 10.6. The zero-order valence-electron chi connectivity index (χ0n) is 10.6. The van der Waals surface area contributed by atoms with Crippen LogP contribution in [0.2, 0.25) is 0 Å². The summed E-state index contributed by atoms with van der Waals surface area (Å²) in [5.74, 6) is 0.829. The molecule has 0 aliphatic rings. The van der Waals surface area contributed by atoms with E-state index in [9.17, 15) is 0 Å². The van der Waals surface area contributed by atoms with Crippen molar-refractivity contribution < 1.29 is 9.84 Å². The topological polar surface area (TPSA) is 46.8 Å². The average molecular weight is 254 g/mol. The van der Waals surface area contributed by atoms with E-state index in [-0.39, 0.29) is 6.61 Å². The van der Waals surface area contributed by atoms with Crippen molar-refractivity contribution in [2.24, 2.45) is 0 Å². The zero-order chi connectivity index (χ0) is 13.2. The Labute approximate surface area is 110 Å². The molecule has 0 unspecified atom stereocenters. The summed E-state index contributed by atoms with van der Waals surface area (Å²) in [6.07, 6.45) is 3.87. The van der Waals surface area contributed by atoms with Crippen LogP contribution >= 0.6 is 0 Å². The fraction of sp³-hybridized carbons (Fsp3) is 0.133. The van der Waals surface area contributed by atoms with E-state index in [2.05, 4.69) is 4.98 Å². The molecule has 0 aliphatic carbocycles. The number of pyridine rings is 1. The van der Waals surface area contributed by atoms with Crippen molar-refractivity contribution in [1.29, 1.82) is 0 Å². The Kier molecular flexibility index (Phi) is 2.93. The Hall–Kier alpha value is -2.33. The summed E-state index contributed by atoms with van der Waals surface area (Å²) in [4.78, 5) is 4.56. The van der Waals surface area contributed by atoms with E-state index in [1.807, 2.05) is 53.2 Å². The van der Waals surface area contributed by atoms with E-state index < -0.39 is 0 Å². The number of nitrogens with zero attached hydrogens (tertiary/aromatic N) is 2. The quantitative estimate of drug-likeness (QED) is 0.781. The van der Waals surface area contributed by atoms with Crippen LogP contribution < -0.4 is 4.74 Å². The molecule has 0 bridgehead atoms. The van der Waals surface area contributed by atoms with Crippen molar-refractivity contribution in [3.8, 4) is 17.0 Å². The highest BCUT2D eigenvalue weighted by molar-refractivity contribution is 5.63. The number of rotatable bonds is 3. The molecule has 2 aromatic heterocycles. The average Bonchev–Trinajstić information content (AvgIpc) is 2.90. The standard InChI is InChI=1S/C15H14N2O2/c1-19-13-4-2-12(3-5-13)14-9-17-7-6-11(10-18)8-15(17)16-14/h2-9,18H,10H2,1H3. The van der Waals surface area contributed by atoms with Crippen molar-refractivity contribution in [1.82, 2.24) is 9.38 Å². The Balaban J connectivity index is 2.04. The number of aliphatic hydroxyl groups is 1. The minimum absolute atomic E-state index is 0.0290. The number of imidazole rings is 1. The fourth-order valence-electron chi connectivity index (χ4n) is 2.02. The lowest BCUT2D eigenvalue weighted by atomic mass is 10.2. The molecule has 19 heavy (non-hydrogen) atoms. The molecule has 0 aliphatic heterocycles. The third-order valence-corrected chi connectivity index (χ3v) is 3.09. The number of benzene rings is 1. The van der Waals surface area contributed by atoms with E-state index >= 15 is 0 Å². The summed E-state index contributed by atoms with van der Waals surface area (Å²) in [5, 5.41) is 9.13. The second-order valence-corrected chi connectivity index (χ2v) is 4.31. The summed E-state index contributed by atoms with van der Waals surface area (Å²) in [7, 11) is 1.65. The second kappa shape index (κ2) is 4.74. The molecule has 3 aromatic rings. The predicted octanol–water partition coefficient (Wildman–Crippen LogP) is 2.50. The molecule has 0 saturated heterocycles. The maximum atomic E-state index is 9.13. The molecule has 2 heterocycles. The van der Waals surface area contributed by atoms with E-state index in [0.29, 0.717) is 0 Å². The van der Waals surface area contributed by atoms with Gasteiger partial charge in [0.15, 0.2) is 0 Å². The van der Waals surface area contributed by atoms with Crippen LogP contribution in [0.25, 0.3) is 16.9 Å². The molecule has 4 heteroatoms. The smallest absolute Gasteiger partial charge is 0.137 e. The van der Waals surface area contributed by atoms with Crippen LogP contribution in [0.3, 0.4) is 0 Å². The molecule has 0 radical (unpaired) electrons. The number of fused-ring (bicyclic) bond motifs is 1. The van der Waals surface area contributed by atoms with E-state index in [4.69, 9.17) is 9.84 Å². The first-order valence-electron chi connectivity index (χ1n) is 6.03. The van der Waals surface area contributed by atoms with Gasteiger partial charge in [-0.05, 0) is 42.0 Å². The maximum absolute atomic E-state index is 9.13. The number of methoxy groups -OCH3 is 1. The molecule has 0 atom stereocenters. The van der Waals surface area contributed by atoms with Crippen molar-refractivity contribution in [2.45, 2.75) is 6.61 Å². The minimum atomic E-state index is 0.0290. The molecule has 0 fully saturated rings. The van der Waals surface area contributed by atoms with Crippen molar-refractivity contribution in [3.05, 3.63) is 54.4 Å². The first kappa shape index (κ1) is 11.7. The maximum Gasteiger partial charge on any atom is 0.137 e. The number of aromatic nitrogens is 2.